The number of rotatable bonds is 8. The summed E-state index contributed by atoms with van der Waals surface area (Å²) >= 11 is 3.02. The smallest absolute Gasteiger partial charge is 0.191 e. The van der Waals surface area contributed by atoms with Crippen LogP contribution in [0.2, 0.25) is 0 Å². The van der Waals surface area contributed by atoms with Crippen molar-refractivity contribution in [3.63, 3.8) is 0 Å². The van der Waals surface area contributed by atoms with Crippen LogP contribution in [0.1, 0.15) is 40.7 Å². The molecule has 0 amide bonds. The first-order valence-electron chi connectivity index (χ1n) is 9.85. The fourth-order valence-electron chi connectivity index (χ4n) is 3.44. The SMILES string of the molecule is CC(C)N(Cc1ccc(F)cc1)Cc1ccc(C(O)(c2cccs2)c2cccs2)o1. The van der Waals surface area contributed by atoms with Crippen molar-refractivity contribution < 1.29 is 13.9 Å². The Morgan fingerprint density at radius 2 is 1.57 bits per heavy atom. The molecular formula is C24H24FNO2S2. The average Bonchev–Trinajstić information content (AvgIpc) is 3.50. The minimum absolute atomic E-state index is 0.230. The topological polar surface area (TPSA) is 36.6 Å². The van der Waals surface area contributed by atoms with Crippen molar-refractivity contribution in [2.24, 2.45) is 0 Å². The second-order valence-electron chi connectivity index (χ2n) is 7.56. The van der Waals surface area contributed by atoms with E-state index in [1.807, 2.05) is 59.3 Å². The summed E-state index contributed by atoms with van der Waals surface area (Å²) in [7, 11) is 0. The lowest BCUT2D eigenvalue weighted by Gasteiger charge is -2.26. The number of benzene rings is 1. The molecule has 3 nitrogen and oxygen atoms in total. The molecule has 4 rings (SSSR count). The molecule has 1 aromatic carbocycles. The van der Waals surface area contributed by atoms with E-state index < -0.39 is 5.60 Å². The lowest BCUT2D eigenvalue weighted by Crippen LogP contribution is -2.29. The molecule has 156 valence electrons. The molecule has 30 heavy (non-hydrogen) atoms. The van der Waals surface area contributed by atoms with Crippen LogP contribution in [-0.4, -0.2) is 16.0 Å². The predicted molar refractivity (Wildman–Crippen MR) is 120 cm³/mol. The average molecular weight is 442 g/mol. The van der Waals surface area contributed by atoms with Crippen molar-refractivity contribution in [1.82, 2.24) is 4.90 Å². The highest BCUT2D eigenvalue weighted by Crippen LogP contribution is 2.41. The molecule has 0 fully saturated rings. The zero-order chi connectivity index (χ0) is 21.1. The summed E-state index contributed by atoms with van der Waals surface area (Å²) in [4.78, 5) is 3.92. The number of nitrogens with zero attached hydrogens (tertiary/aromatic N) is 1. The van der Waals surface area contributed by atoms with Gasteiger partial charge >= 0.3 is 0 Å². The fourth-order valence-corrected chi connectivity index (χ4v) is 5.18. The third kappa shape index (κ3) is 4.27. The Kier molecular flexibility index (Phi) is 6.20. The molecule has 0 unspecified atom stereocenters. The van der Waals surface area contributed by atoms with E-state index in [0.29, 0.717) is 18.8 Å². The molecule has 0 saturated carbocycles. The Labute approximate surface area is 184 Å². The van der Waals surface area contributed by atoms with E-state index in [4.69, 9.17) is 4.42 Å². The van der Waals surface area contributed by atoms with E-state index in [1.54, 1.807) is 0 Å². The van der Waals surface area contributed by atoms with Gasteiger partial charge in [-0.3, -0.25) is 4.90 Å². The van der Waals surface area contributed by atoms with Gasteiger partial charge < -0.3 is 9.52 Å². The van der Waals surface area contributed by atoms with Crippen LogP contribution in [0.3, 0.4) is 0 Å². The summed E-state index contributed by atoms with van der Waals surface area (Å²) in [6.45, 7) is 5.54. The summed E-state index contributed by atoms with van der Waals surface area (Å²) in [6.07, 6.45) is 0. The van der Waals surface area contributed by atoms with Crippen molar-refractivity contribution >= 4 is 22.7 Å². The Hall–Kier alpha value is -2.25. The zero-order valence-electron chi connectivity index (χ0n) is 16.9. The predicted octanol–water partition coefficient (Wildman–Crippen LogP) is 6.24. The molecule has 0 saturated heterocycles. The van der Waals surface area contributed by atoms with Gasteiger partial charge in [0.1, 0.15) is 17.3 Å². The van der Waals surface area contributed by atoms with Crippen LogP contribution >= 0.6 is 22.7 Å². The number of halogens is 1. The molecule has 6 heteroatoms. The van der Waals surface area contributed by atoms with E-state index in [9.17, 15) is 9.50 Å². The molecular weight excluding hydrogens is 417 g/mol. The van der Waals surface area contributed by atoms with Crippen LogP contribution in [0.15, 0.2) is 75.8 Å². The molecule has 0 aliphatic carbocycles. The molecule has 0 bridgehead atoms. The Morgan fingerprint density at radius 1 is 0.933 bits per heavy atom. The van der Waals surface area contributed by atoms with Gasteiger partial charge in [-0.15, -0.1) is 22.7 Å². The van der Waals surface area contributed by atoms with Crippen LogP contribution in [0, 0.1) is 5.82 Å². The molecule has 0 aliphatic rings. The first-order valence-corrected chi connectivity index (χ1v) is 11.6. The molecule has 0 spiro atoms. The maximum atomic E-state index is 13.2. The lowest BCUT2D eigenvalue weighted by molar-refractivity contribution is 0.101. The number of hydrogen-bond donors (Lipinski definition) is 1. The fraction of sp³-hybridized carbons (Fsp3) is 0.250. The highest BCUT2D eigenvalue weighted by molar-refractivity contribution is 7.11. The normalized spacial score (nSPS) is 12.2. The van der Waals surface area contributed by atoms with Crippen LogP contribution in [-0.2, 0) is 18.7 Å². The lowest BCUT2D eigenvalue weighted by atomic mass is 9.97. The highest BCUT2D eigenvalue weighted by atomic mass is 32.1. The molecule has 0 radical (unpaired) electrons. The largest absolute Gasteiger partial charge is 0.461 e. The van der Waals surface area contributed by atoms with Crippen LogP contribution < -0.4 is 0 Å². The van der Waals surface area contributed by atoms with E-state index in [0.717, 1.165) is 21.1 Å². The summed E-state index contributed by atoms with van der Waals surface area (Å²) in [5.41, 5.74) is -0.245. The molecule has 3 heterocycles. The minimum atomic E-state index is -1.29. The first-order chi connectivity index (χ1) is 14.5. The number of hydrogen-bond acceptors (Lipinski definition) is 5. The van der Waals surface area contributed by atoms with Gasteiger partial charge in [-0.1, -0.05) is 24.3 Å². The summed E-state index contributed by atoms with van der Waals surface area (Å²) in [5.74, 6) is 1.08. The van der Waals surface area contributed by atoms with Gasteiger partial charge in [0.15, 0.2) is 5.60 Å². The van der Waals surface area contributed by atoms with Gasteiger partial charge in [0, 0.05) is 22.3 Å². The van der Waals surface area contributed by atoms with Crippen LogP contribution in [0.4, 0.5) is 4.39 Å². The van der Waals surface area contributed by atoms with Crippen LogP contribution in [0.5, 0.6) is 0 Å². The zero-order valence-corrected chi connectivity index (χ0v) is 18.5. The van der Waals surface area contributed by atoms with Crippen molar-refractivity contribution in [3.05, 3.63) is 104 Å². The van der Waals surface area contributed by atoms with Crippen molar-refractivity contribution in [2.75, 3.05) is 0 Å². The molecule has 3 aromatic heterocycles. The van der Waals surface area contributed by atoms with Crippen molar-refractivity contribution in [2.45, 2.75) is 38.6 Å². The van der Waals surface area contributed by atoms with E-state index in [-0.39, 0.29) is 11.9 Å². The van der Waals surface area contributed by atoms with Gasteiger partial charge in [-0.25, -0.2) is 4.39 Å². The first kappa shape index (κ1) is 21.0. The molecule has 0 atom stereocenters. The van der Waals surface area contributed by atoms with E-state index in [2.05, 4.69) is 18.7 Å². The van der Waals surface area contributed by atoms with E-state index in [1.165, 1.54) is 34.8 Å². The Morgan fingerprint density at radius 3 is 2.10 bits per heavy atom. The summed E-state index contributed by atoms with van der Waals surface area (Å²) < 4.78 is 19.4. The third-order valence-corrected chi connectivity index (χ3v) is 7.12. The Balaban J connectivity index is 1.59. The number of furan rings is 1. The van der Waals surface area contributed by atoms with Gasteiger partial charge in [0.2, 0.25) is 0 Å². The highest BCUT2D eigenvalue weighted by Gasteiger charge is 2.39. The van der Waals surface area contributed by atoms with Crippen molar-refractivity contribution in [1.29, 1.82) is 0 Å². The second-order valence-corrected chi connectivity index (χ2v) is 9.45. The van der Waals surface area contributed by atoms with Gasteiger partial charge in [-0.05, 0) is 66.6 Å². The monoisotopic (exact) mass is 441 g/mol. The minimum Gasteiger partial charge on any atom is -0.461 e. The number of thiophene rings is 2. The molecule has 0 aliphatic heterocycles. The summed E-state index contributed by atoms with van der Waals surface area (Å²) in [6, 6.07) is 18.4. The molecule has 4 aromatic rings. The van der Waals surface area contributed by atoms with Crippen LogP contribution in [0.25, 0.3) is 0 Å². The van der Waals surface area contributed by atoms with Crippen molar-refractivity contribution in [3.8, 4) is 0 Å². The van der Waals surface area contributed by atoms with Gasteiger partial charge in [-0.2, -0.15) is 0 Å². The number of aliphatic hydroxyl groups is 1. The third-order valence-electron chi connectivity index (χ3n) is 5.16. The van der Waals surface area contributed by atoms with E-state index >= 15 is 0 Å². The summed E-state index contributed by atoms with van der Waals surface area (Å²) in [5, 5.41) is 15.6. The Bertz CT molecular complexity index is 1020. The standard InChI is InChI=1S/C24H24FNO2S2/c1-17(2)26(15-18-7-9-19(25)10-8-18)16-20-11-12-21(28-20)24(27,22-5-3-13-29-22)23-6-4-14-30-23/h3-14,17,27H,15-16H2,1-2H3. The maximum Gasteiger partial charge on any atom is 0.191 e. The molecule has 1 N–H and O–H groups in total. The van der Waals surface area contributed by atoms with Gasteiger partial charge in [0.25, 0.3) is 0 Å². The maximum absolute atomic E-state index is 13.2. The quantitative estimate of drug-likeness (QED) is 0.352. The second kappa shape index (κ2) is 8.86. The van der Waals surface area contributed by atoms with Gasteiger partial charge in [0.05, 0.1) is 6.54 Å².